The van der Waals surface area contributed by atoms with Crippen molar-refractivity contribution in [1.29, 1.82) is 0 Å². The van der Waals surface area contributed by atoms with Crippen LogP contribution >= 0.6 is 11.3 Å². The minimum Gasteiger partial charge on any atom is -0.439 e. The molecule has 0 atom stereocenters. The summed E-state index contributed by atoms with van der Waals surface area (Å²) in [5.41, 5.74) is 0.788. The van der Waals surface area contributed by atoms with Gasteiger partial charge in [-0.1, -0.05) is 23.3 Å². The summed E-state index contributed by atoms with van der Waals surface area (Å²) < 4.78 is 10.6. The van der Waals surface area contributed by atoms with Crippen LogP contribution in [0.25, 0.3) is 11.5 Å². The number of amides is 1. The first-order valence-electron chi connectivity index (χ1n) is 6.42. The average molecular weight is 316 g/mol. The third kappa shape index (κ3) is 3.12. The largest absolute Gasteiger partial charge is 0.439 e. The molecule has 2 aromatic heterocycles. The Hall–Kier alpha value is -2.74. The Morgan fingerprint density at radius 3 is 2.86 bits per heavy atom. The fraction of sp³-hybridized carbons (Fsp3) is 0.143. The molecule has 3 aromatic rings. The van der Waals surface area contributed by atoms with Crippen molar-refractivity contribution in [1.82, 2.24) is 15.2 Å². The van der Waals surface area contributed by atoms with E-state index < -0.39 is 0 Å². The molecule has 0 saturated heterocycles. The highest BCUT2D eigenvalue weighted by Crippen LogP contribution is 2.20. The number of nitrogens with zero attached hydrogens (tertiary/aromatic N) is 4. The predicted molar refractivity (Wildman–Crippen MR) is 80.8 cm³/mol. The zero-order valence-corrected chi connectivity index (χ0v) is 12.5. The second kappa shape index (κ2) is 6.35. The fourth-order valence-corrected chi connectivity index (χ4v) is 2.30. The van der Waals surface area contributed by atoms with Crippen LogP contribution in [0.1, 0.15) is 0 Å². The number of anilines is 1. The predicted octanol–water partition coefficient (Wildman–Crippen LogP) is 2.23. The van der Waals surface area contributed by atoms with E-state index in [0.717, 1.165) is 5.56 Å². The lowest BCUT2D eigenvalue weighted by Gasteiger charge is -2.12. The van der Waals surface area contributed by atoms with Crippen molar-refractivity contribution in [3.05, 3.63) is 41.9 Å². The smallest absolute Gasteiger partial charge is 0.415 e. The molecule has 1 amide bonds. The molecule has 0 unspecified atom stereocenters. The molecule has 0 aliphatic rings. The zero-order chi connectivity index (χ0) is 15.4. The van der Waals surface area contributed by atoms with Gasteiger partial charge in [0.1, 0.15) is 0 Å². The van der Waals surface area contributed by atoms with Crippen LogP contribution in [0.5, 0.6) is 6.08 Å². The summed E-state index contributed by atoms with van der Waals surface area (Å²) in [5, 5.41) is 10.0. The minimum atomic E-state index is -0.255. The van der Waals surface area contributed by atoms with Crippen molar-refractivity contribution in [2.24, 2.45) is 0 Å². The highest BCUT2D eigenvalue weighted by Gasteiger charge is 2.16. The number of carbonyl (C=O) groups is 1. The van der Waals surface area contributed by atoms with Gasteiger partial charge < -0.3 is 9.15 Å². The van der Waals surface area contributed by atoms with E-state index in [1.54, 1.807) is 18.6 Å². The van der Waals surface area contributed by atoms with Crippen LogP contribution in [-0.4, -0.2) is 34.7 Å². The molecule has 0 bridgehead atoms. The second-order valence-electron chi connectivity index (χ2n) is 4.30. The minimum absolute atomic E-state index is 0.0419. The van der Waals surface area contributed by atoms with Crippen molar-refractivity contribution in [2.75, 3.05) is 18.6 Å². The van der Waals surface area contributed by atoms with Crippen molar-refractivity contribution in [3.8, 4) is 17.5 Å². The molecule has 22 heavy (non-hydrogen) atoms. The number of hydrogen-bond acceptors (Lipinski definition) is 7. The maximum absolute atomic E-state index is 12.0. The lowest BCUT2D eigenvalue weighted by atomic mass is 10.2. The number of hydrogen-bond donors (Lipinski definition) is 0. The Bertz CT molecular complexity index is 743. The number of likely N-dealkylation sites (N-methyl/N-ethyl adjacent to an activating group) is 1. The summed E-state index contributed by atoms with van der Waals surface area (Å²) >= 11 is 1.37. The first-order valence-corrected chi connectivity index (χ1v) is 7.30. The van der Waals surface area contributed by atoms with Gasteiger partial charge in [-0.3, -0.25) is 9.69 Å². The van der Waals surface area contributed by atoms with Crippen LogP contribution in [0.2, 0.25) is 0 Å². The molecular weight excluding hydrogens is 304 g/mol. The fourth-order valence-electron chi connectivity index (χ4n) is 1.67. The normalized spacial score (nSPS) is 10.4. The van der Waals surface area contributed by atoms with E-state index in [1.165, 1.54) is 16.2 Å². The first kappa shape index (κ1) is 14.2. The molecule has 0 fully saturated rings. The Morgan fingerprint density at radius 1 is 1.32 bits per heavy atom. The van der Waals surface area contributed by atoms with Gasteiger partial charge in [-0.05, 0) is 12.1 Å². The topological polar surface area (TPSA) is 81.4 Å². The highest BCUT2D eigenvalue weighted by atomic mass is 32.1. The van der Waals surface area contributed by atoms with Gasteiger partial charge in [-0.2, -0.15) is 0 Å². The van der Waals surface area contributed by atoms with E-state index >= 15 is 0 Å². The molecule has 8 heteroatoms. The Labute approximate surface area is 130 Å². The molecule has 0 saturated carbocycles. The van der Waals surface area contributed by atoms with Gasteiger partial charge in [0, 0.05) is 24.2 Å². The SMILES string of the molecule is CN(C(=O)COc1nnc(-c2ccccc2)o1)c1nccs1. The van der Waals surface area contributed by atoms with Gasteiger partial charge in [0.05, 0.1) is 0 Å². The van der Waals surface area contributed by atoms with Crippen molar-refractivity contribution < 1.29 is 13.9 Å². The first-order chi connectivity index (χ1) is 10.7. The molecule has 0 aliphatic carbocycles. The molecule has 2 heterocycles. The molecule has 0 N–H and O–H groups in total. The lowest BCUT2D eigenvalue weighted by Crippen LogP contribution is -2.31. The van der Waals surface area contributed by atoms with Gasteiger partial charge in [0.15, 0.2) is 11.7 Å². The van der Waals surface area contributed by atoms with Gasteiger partial charge in [0.2, 0.25) is 0 Å². The maximum Gasteiger partial charge on any atom is 0.415 e. The summed E-state index contributed by atoms with van der Waals surface area (Å²) in [5.74, 6) is 0.0886. The van der Waals surface area contributed by atoms with Crippen molar-refractivity contribution in [3.63, 3.8) is 0 Å². The van der Waals surface area contributed by atoms with E-state index in [4.69, 9.17) is 9.15 Å². The summed E-state index contributed by atoms with van der Waals surface area (Å²) in [6.07, 6.45) is 1.59. The van der Waals surface area contributed by atoms with E-state index in [-0.39, 0.29) is 18.6 Å². The molecule has 3 rings (SSSR count). The monoisotopic (exact) mass is 316 g/mol. The third-order valence-corrected chi connectivity index (χ3v) is 3.67. The molecule has 0 radical (unpaired) electrons. The molecule has 1 aromatic carbocycles. The summed E-state index contributed by atoms with van der Waals surface area (Å²) in [4.78, 5) is 17.4. The quantitative estimate of drug-likeness (QED) is 0.718. The standard InChI is InChI=1S/C14H12N4O3S/c1-18(13-15-7-8-22-13)11(19)9-20-14-17-16-12(21-14)10-5-3-2-4-6-10/h2-8H,9H2,1H3. The number of aromatic nitrogens is 3. The van der Waals surface area contributed by atoms with E-state index in [9.17, 15) is 4.79 Å². The summed E-state index contributed by atoms with van der Waals surface area (Å²) in [6, 6.07) is 9.32. The Balaban J connectivity index is 1.60. The Morgan fingerprint density at radius 2 is 2.14 bits per heavy atom. The molecule has 112 valence electrons. The third-order valence-electron chi connectivity index (χ3n) is 2.83. The molecular formula is C14H12N4O3S. The summed E-state index contributed by atoms with van der Waals surface area (Å²) in [6.45, 7) is -0.202. The maximum atomic E-state index is 12.0. The van der Waals surface area contributed by atoms with Gasteiger partial charge in [-0.15, -0.1) is 16.4 Å². The summed E-state index contributed by atoms with van der Waals surface area (Å²) in [7, 11) is 1.63. The van der Waals surface area contributed by atoms with E-state index in [1.807, 2.05) is 30.3 Å². The lowest BCUT2D eigenvalue weighted by molar-refractivity contribution is -0.120. The molecule has 0 spiro atoms. The average Bonchev–Trinajstić information content (AvgIpc) is 3.24. The molecule has 0 aliphatic heterocycles. The van der Waals surface area contributed by atoms with Gasteiger partial charge >= 0.3 is 6.08 Å². The van der Waals surface area contributed by atoms with Gasteiger partial charge in [0.25, 0.3) is 11.8 Å². The van der Waals surface area contributed by atoms with Crippen molar-refractivity contribution in [2.45, 2.75) is 0 Å². The number of rotatable bonds is 5. The number of carbonyl (C=O) groups excluding carboxylic acids is 1. The molecule has 7 nitrogen and oxygen atoms in total. The number of ether oxygens (including phenoxy) is 1. The van der Waals surface area contributed by atoms with Crippen LogP contribution in [0.4, 0.5) is 5.13 Å². The van der Waals surface area contributed by atoms with E-state index in [0.29, 0.717) is 11.0 Å². The Kier molecular flexibility index (Phi) is 4.10. The van der Waals surface area contributed by atoms with Gasteiger partial charge in [-0.25, -0.2) is 4.98 Å². The van der Waals surface area contributed by atoms with Crippen LogP contribution < -0.4 is 9.64 Å². The zero-order valence-electron chi connectivity index (χ0n) is 11.7. The van der Waals surface area contributed by atoms with Crippen LogP contribution in [0.15, 0.2) is 46.3 Å². The van der Waals surface area contributed by atoms with Crippen LogP contribution in [-0.2, 0) is 4.79 Å². The number of thiazole rings is 1. The number of benzene rings is 1. The van der Waals surface area contributed by atoms with Crippen molar-refractivity contribution >= 4 is 22.4 Å². The van der Waals surface area contributed by atoms with Crippen LogP contribution in [0, 0.1) is 0 Å². The highest BCUT2D eigenvalue weighted by molar-refractivity contribution is 7.13. The second-order valence-corrected chi connectivity index (χ2v) is 5.17. The van der Waals surface area contributed by atoms with Crippen LogP contribution in [0.3, 0.4) is 0 Å². The van der Waals surface area contributed by atoms with E-state index in [2.05, 4.69) is 15.2 Å².